The molecule has 5 nitrogen and oxygen atoms in total. The van der Waals surface area contributed by atoms with Gasteiger partial charge in [0, 0.05) is 38.6 Å². The van der Waals surface area contributed by atoms with Crippen LogP contribution in [0.5, 0.6) is 0 Å². The zero-order valence-corrected chi connectivity index (χ0v) is 13.4. The second-order valence-corrected chi connectivity index (χ2v) is 5.70. The third-order valence-electron chi connectivity index (χ3n) is 4.11. The van der Waals surface area contributed by atoms with Gasteiger partial charge in [0.1, 0.15) is 5.82 Å². The van der Waals surface area contributed by atoms with E-state index in [1.165, 1.54) is 0 Å². The molecule has 3 rings (SSSR count). The standard InChI is InChI=1S/C18H22N4O/c1-21(16-6-3-2-4-7-16)17-9-8-15(14-20-17)18(23)22-12-5-10-19-11-13-22/h2-4,6-9,14,19H,5,10-13H2,1H3. The number of aromatic nitrogens is 1. The summed E-state index contributed by atoms with van der Waals surface area (Å²) in [5, 5.41) is 3.31. The Morgan fingerprint density at radius 3 is 2.70 bits per heavy atom. The maximum atomic E-state index is 12.5. The number of para-hydroxylation sites is 1. The van der Waals surface area contributed by atoms with Crippen LogP contribution < -0.4 is 10.2 Å². The van der Waals surface area contributed by atoms with Crippen molar-refractivity contribution in [2.24, 2.45) is 0 Å². The van der Waals surface area contributed by atoms with Gasteiger partial charge < -0.3 is 15.1 Å². The van der Waals surface area contributed by atoms with Crippen LogP contribution in [0.3, 0.4) is 0 Å². The van der Waals surface area contributed by atoms with E-state index in [2.05, 4.69) is 10.3 Å². The summed E-state index contributed by atoms with van der Waals surface area (Å²) in [5.74, 6) is 0.889. The van der Waals surface area contributed by atoms with Gasteiger partial charge in [-0.15, -0.1) is 0 Å². The van der Waals surface area contributed by atoms with Crippen LogP contribution in [0.4, 0.5) is 11.5 Å². The summed E-state index contributed by atoms with van der Waals surface area (Å²) in [4.78, 5) is 20.9. The van der Waals surface area contributed by atoms with E-state index in [4.69, 9.17) is 0 Å². The molecule has 0 saturated carbocycles. The van der Waals surface area contributed by atoms with E-state index in [9.17, 15) is 4.79 Å². The Morgan fingerprint density at radius 1 is 1.13 bits per heavy atom. The van der Waals surface area contributed by atoms with Crippen molar-refractivity contribution >= 4 is 17.4 Å². The van der Waals surface area contributed by atoms with Crippen LogP contribution in [0, 0.1) is 0 Å². The van der Waals surface area contributed by atoms with Crippen LogP contribution in [-0.2, 0) is 0 Å². The number of benzene rings is 1. The van der Waals surface area contributed by atoms with Crippen molar-refractivity contribution in [3.05, 3.63) is 54.2 Å². The van der Waals surface area contributed by atoms with Gasteiger partial charge in [0.05, 0.1) is 5.56 Å². The highest BCUT2D eigenvalue weighted by Gasteiger charge is 2.17. The summed E-state index contributed by atoms with van der Waals surface area (Å²) in [5.41, 5.74) is 1.72. The molecule has 1 saturated heterocycles. The van der Waals surface area contributed by atoms with Crippen LogP contribution in [0.15, 0.2) is 48.7 Å². The fraction of sp³-hybridized carbons (Fsp3) is 0.333. The van der Waals surface area contributed by atoms with Gasteiger partial charge in [-0.05, 0) is 37.2 Å². The number of nitrogens with zero attached hydrogens (tertiary/aromatic N) is 3. The van der Waals surface area contributed by atoms with Crippen molar-refractivity contribution in [2.75, 3.05) is 38.1 Å². The third kappa shape index (κ3) is 3.68. The minimum absolute atomic E-state index is 0.0649. The van der Waals surface area contributed by atoms with Gasteiger partial charge in [-0.25, -0.2) is 4.98 Å². The van der Waals surface area contributed by atoms with Gasteiger partial charge >= 0.3 is 0 Å². The van der Waals surface area contributed by atoms with Gasteiger partial charge in [0.2, 0.25) is 0 Å². The molecule has 5 heteroatoms. The summed E-state index contributed by atoms with van der Waals surface area (Å²) in [6.07, 6.45) is 2.67. The number of nitrogens with one attached hydrogen (secondary N) is 1. The summed E-state index contributed by atoms with van der Waals surface area (Å²) in [7, 11) is 1.97. The Balaban J connectivity index is 1.72. The van der Waals surface area contributed by atoms with E-state index in [0.717, 1.165) is 44.1 Å². The number of carbonyl (C=O) groups excluding carboxylic acids is 1. The molecule has 0 spiro atoms. The predicted octanol–water partition coefficient (Wildman–Crippen LogP) is 2.29. The van der Waals surface area contributed by atoms with Crippen LogP contribution in [0.2, 0.25) is 0 Å². The molecular formula is C18H22N4O. The molecule has 1 aromatic heterocycles. The fourth-order valence-electron chi connectivity index (χ4n) is 2.73. The van der Waals surface area contributed by atoms with Crippen molar-refractivity contribution in [2.45, 2.75) is 6.42 Å². The molecule has 0 aliphatic carbocycles. The van der Waals surface area contributed by atoms with E-state index in [0.29, 0.717) is 5.56 Å². The number of amides is 1. The van der Waals surface area contributed by atoms with E-state index < -0.39 is 0 Å². The summed E-state index contributed by atoms with van der Waals surface area (Å²) >= 11 is 0. The summed E-state index contributed by atoms with van der Waals surface area (Å²) in [6.45, 7) is 3.39. The first-order valence-electron chi connectivity index (χ1n) is 8.00. The van der Waals surface area contributed by atoms with Crippen LogP contribution in [-0.4, -0.2) is 49.0 Å². The molecule has 120 valence electrons. The molecule has 0 unspecified atom stereocenters. The Labute approximate surface area is 136 Å². The molecule has 1 N–H and O–H groups in total. The zero-order valence-electron chi connectivity index (χ0n) is 13.4. The van der Waals surface area contributed by atoms with E-state index in [1.807, 2.05) is 59.3 Å². The largest absolute Gasteiger partial charge is 0.337 e. The lowest BCUT2D eigenvalue weighted by Crippen LogP contribution is -2.34. The lowest BCUT2D eigenvalue weighted by molar-refractivity contribution is 0.0766. The maximum Gasteiger partial charge on any atom is 0.255 e. The monoisotopic (exact) mass is 310 g/mol. The van der Waals surface area contributed by atoms with Crippen molar-refractivity contribution < 1.29 is 4.79 Å². The smallest absolute Gasteiger partial charge is 0.255 e. The molecule has 2 aromatic rings. The summed E-state index contributed by atoms with van der Waals surface area (Å²) < 4.78 is 0. The van der Waals surface area contributed by atoms with Crippen LogP contribution in [0.25, 0.3) is 0 Å². The maximum absolute atomic E-state index is 12.5. The zero-order chi connectivity index (χ0) is 16.1. The number of pyridine rings is 1. The molecule has 0 bridgehead atoms. The average molecular weight is 310 g/mol. The number of carbonyl (C=O) groups is 1. The van der Waals surface area contributed by atoms with Gasteiger partial charge in [-0.3, -0.25) is 4.79 Å². The molecule has 1 amide bonds. The second-order valence-electron chi connectivity index (χ2n) is 5.70. The van der Waals surface area contributed by atoms with E-state index in [1.54, 1.807) is 6.20 Å². The summed E-state index contributed by atoms with van der Waals surface area (Å²) in [6, 6.07) is 13.8. The SMILES string of the molecule is CN(c1ccccc1)c1ccc(C(=O)N2CCCNCC2)cn1. The molecular weight excluding hydrogens is 288 g/mol. The Bertz CT molecular complexity index is 634. The van der Waals surface area contributed by atoms with Gasteiger partial charge in [0.15, 0.2) is 0 Å². The lowest BCUT2D eigenvalue weighted by atomic mass is 10.2. The Kier molecular flexibility index (Phi) is 4.88. The molecule has 0 atom stereocenters. The van der Waals surface area contributed by atoms with Crippen molar-refractivity contribution in [3.63, 3.8) is 0 Å². The minimum Gasteiger partial charge on any atom is -0.337 e. The molecule has 23 heavy (non-hydrogen) atoms. The highest BCUT2D eigenvalue weighted by atomic mass is 16.2. The molecule has 1 fully saturated rings. The highest BCUT2D eigenvalue weighted by molar-refractivity contribution is 5.94. The number of hydrogen-bond donors (Lipinski definition) is 1. The van der Waals surface area contributed by atoms with Gasteiger partial charge in [-0.2, -0.15) is 0 Å². The Hall–Kier alpha value is -2.40. The number of hydrogen-bond acceptors (Lipinski definition) is 4. The number of anilines is 2. The third-order valence-corrected chi connectivity index (χ3v) is 4.11. The van der Waals surface area contributed by atoms with Gasteiger partial charge in [-0.1, -0.05) is 18.2 Å². The van der Waals surface area contributed by atoms with Crippen molar-refractivity contribution in [3.8, 4) is 0 Å². The average Bonchev–Trinajstić information content (AvgIpc) is 2.91. The predicted molar refractivity (Wildman–Crippen MR) is 92.1 cm³/mol. The molecule has 1 aliphatic rings. The van der Waals surface area contributed by atoms with Crippen LogP contribution in [0.1, 0.15) is 16.8 Å². The van der Waals surface area contributed by atoms with Gasteiger partial charge in [0.25, 0.3) is 5.91 Å². The molecule has 1 aliphatic heterocycles. The quantitative estimate of drug-likeness (QED) is 0.945. The fourth-order valence-corrected chi connectivity index (χ4v) is 2.73. The lowest BCUT2D eigenvalue weighted by Gasteiger charge is -2.21. The van der Waals surface area contributed by atoms with Crippen LogP contribution >= 0.6 is 0 Å². The molecule has 2 heterocycles. The van der Waals surface area contributed by atoms with Crippen molar-refractivity contribution in [1.29, 1.82) is 0 Å². The first-order chi connectivity index (χ1) is 11.3. The first-order valence-corrected chi connectivity index (χ1v) is 8.00. The highest BCUT2D eigenvalue weighted by Crippen LogP contribution is 2.21. The van der Waals surface area contributed by atoms with E-state index >= 15 is 0 Å². The van der Waals surface area contributed by atoms with E-state index in [-0.39, 0.29) is 5.91 Å². The first kappa shape index (κ1) is 15.5. The Morgan fingerprint density at radius 2 is 1.96 bits per heavy atom. The topological polar surface area (TPSA) is 48.5 Å². The molecule has 0 radical (unpaired) electrons. The normalized spacial score (nSPS) is 15.1. The minimum atomic E-state index is 0.0649. The molecule has 1 aromatic carbocycles. The number of rotatable bonds is 3. The van der Waals surface area contributed by atoms with Crippen molar-refractivity contribution in [1.82, 2.24) is 15.2 Å². The second kappa shape index (κ2) is 7.24.